The van der Waals surface area contributed by atoms with Crippen molar-refractivity contribution >= 4 is 11.8 Å². The van der Waals surface area contributed by atoms with E-state index in [0.29, 0.717) is 30.5 Å². The first-order valence-electron chi connectivity index (χ1n) is 10.8. The zero-order chi connectivity index (χ0) is 20.2. The van der Waals surface area contributed by atoms with Crippen LogP contribution < -0.4 is 5.32 Å². The van der Waals surface area contributed by atoms with Gasteiger partial charge in [0.15, 0.2) is 0 Å². The highest BCUT2D eigenvalue weighted by Gasteiger charge is 2.31. The summed E-state index contributed by atoms with van der Waals surface area (Å²) in [7, 11) is 0. The first-order chi connectivity index (χ1) is 14.1. The van der Waals surface area contributed by atoms with E-state index < -0.39 is 0 Å². The Bertz CT molecular complexity index is 731. The Kier molecular flexibility index (Phi) is 6.40. The molecule has 3 heterocycles. The molecule has 2 saturated heterocycles. The van der Waals surface area contributed by atoms with Gasteiger partial charge in [0.2, 0.25) is 5.91 Å². The molecule has 0 spiro atoms. The Morgan fingerprint density at radius 2 is 1.97 bits per heavy atom. The number of rotatable bonds is 7. The van der Waals surface area contributed by atoms with Gasteiger partial charge in [-0.15, -0.1) is 0 Å². The van der Waals surface area contributed by atoms with Gasteiger partial charge in [0, 0.05) is 32.4 Å². The summed E-state index contributed by atoms with van der Waals surface area (Å²) in [5.74, 6) is 1.87. The van der Waals surface area contributed by atoms with Crippen molar-refractivity contribution in [2.75, 3.05) is 45.9 Å². The van der Waals surface area contributed by atoms with E-state index in [1.54, 1.807) is 19.2 Å². The fourth-order valence-corrected chi connectivity index (χ4v) is 4.19. The van der Waals surface area contributed by atoms with Gasteiger partial charge in [-0.1, -0.05) is 0 Å². The van der Waals surface area contributed by atoms with Crippen LogP contribution in [0.2, 0.25) is 0 Å². The predicted molar refractivity (Wildman–Crippen MR) is 107 cm³/mol. The lowest BCUT2D eigenvalue weighted by Gasteiger charge is -2.38. The lowest BCUT2D eigenvalue weighted by molar-refractivity contribution is -0.149. The minimum Gasteiger partial charge on any atom is -0.365 e. The smallest absolute Gasteiger partial charge is 0.270 e. The van der Waals surface area contributed by atoms with E-state index in [-0.39, 0.29) is 24.5 Å². The summed E-state index contributed by atoms with van der Waals surface area (Å²) >= 11 is 0. The molecule has 3 aliphatic rings. The first-order valence-corrected chi connectivity index (χ1v) is 10.8. The molecular weight excluding hydrogens is 370 g/mol. The zero-order valence-electron chi connectivity index (χ0n) is 17.2. The molecular formula is C21H31N5O3. The van der Waals surface area contributed by atoms with Crippen LogP contribution >= 0.6 is 0 Å². The van der Waals surface area contributed by atoms with Crippen LogP contribution in [-0.4, -0.2) is 83.6 Å². The maximum atomic E-state index is 12.3. The van der Waals surface area contributed by atoms with E-state index in [1.807, 2.05) is 4.90 Å². The Balaban J connectivity index is 1.21. The number of piperidine rings is 1. The van der Waals surface area contributed by atoms with E-state index in [0.717, 1.165) is 38.4 Å². The second kappa shape index (κ2) is 9.17. The summed E-state index contributed by atoms with van der Waals surface area (Å²) in [5.41, 5.74) is 0.346. The predicted octanol–water partition coefficient (Wildman–Crippen LogP) is 0.864. The summed E-state index contributed by atoms with van der Waals surface area (Å²) in [6.07, 6.45) is 6.51. The third-order valence-corrected chi connectivity index (χ3v) is 6.12. The Labute approximate surface area is 172 Å². The van der Waals surface area contributed by atoms with Crippen LogP contribution in [0.15, 0.2) is 12.3 Å². The molecule has 0 aromatic carbocycles. The minimum atomic E-state index is -0.245. The maximum absolute atomic E-state index is 12.3. The Morgan fingerprint density at radius 3 is 2.69 bits per heavy atom. The highest BCUT2D eigenvalue weighted by molar-refractivity contribution is 5.92. The van der Waals surface area contributed by atoms with Gasteiger partial charge < -0.3 is 19.9 Å². The van der Waals surface area contributed by atoms with E-state index >= 15 is 0 Å². The van der Waals surface area contributed by atoms with Crippen molar-refractivity contribution in [3.63, 3.8) is 0 Å². The fraction of sp³-hybridized carbons (Fsp3) is 0.714. The largest absolute Gasteiger partial charge is 0.365 e. The lowest BCUT2D eigenvalue weighted by atomic mass is 9.95. The number of hydrogen-bond acceptors (Lipinski definition) is 6. The number of nitrogens with one attached hydrogen (secondary N) is 1. The number of ether oxygens (including phenoxy) is 1. The van der Waals surface area contributed by atoms with Gasteiger partial charge in [0.1, 0.15) is 18.1 Å². The average Bonchev–Trinajstić information content (AvgIpc) is 3.54. The number of hydrogen-bond donors (Lipinski definition) is 1. The van der Waals surface area contributed by atoms with Crippen molar-refractivity contribution in [3.8, 4) is 0 Å². The number of morpholine rings is 1. The zero-order valence-corrected chi connectivity index (χ0v) is 17.2. The van der Waals surface area contributed by atoms with Crippen molar-refractivity contribution in [1.29, 1.82) is 0 Å². The highest BCUT2D eigenvalue weighted by atomic mass is 16.5. The molecule has 2 aliphatic heterocycles. The lowest BCUT2D eigenvalue weighted by Crippen LogP contribution is -2.52. The monoisotopic (exact) mass is 401 g/mol. The van der Waals surface area contributed by atoms with E-state index in [1.165, 1.54) is 19.4 Å². The molecule has 1 saturated carbocycles. The van der Waals surface area contributed by atoms with E-state index in [4.69, 9.17) is 4.74 Å². The summed E-state index contributed by atoms with van der Waals surface area (Å²) in [5, 5.41) is 2.87. The molecule has 1 N–H and O–H groups in total. The van der Waals surface area contributed by atoms with Gasteiger partial charge in [-0.2, -0.15) is 0 Å². The quantitative estimate of drug-likeness (QED) is 0.729. The van der Waals surface area contributed by atoms with Crippen molar-refractivity contribution in [2.45, 2.75) is 38.7 Å². The molecule has 0 bridgehead atoms. The van der Waals surface area contributed by atoms with Crippen LogP contribution in [0, 0.1) is 18.8 Å². The van der Waals surface area contributed by atoms with Gasteiger partial charge in [-0.05, 0) is 63.6 Å². The number of likely N-dealkylation sites (tertiary alicyclic amines) is 1. The average molecular weight is 402 g/mol. The standard InChI is InChI=1S/C21H31N5O3/c1-15-22-7-4-19(24-15)21(28)23-10-18-13-26(20(27)14-29-18)12-17-5-8-25(9-6-17)11-16-2-3-16/h4,7,16-18H,2-3,5-6,8-14H2,1H3,(H,23,28)/t18-/m1/s1. The molecule has 1 aromatic rings. The second-order valence-corrected chi connectivity index (χ2v) is 8.62. The number of amides is 2. The van der Waals surface area contributed by atoms with Crippen LogP contribution in [0.4, 0.5) is 0 Å². The van der Waals surface area contributed by atoms with Crippen LogP contribution in [0.1, 0.15) is 42.0 Å². The van der Waals surface area contributed by atoms with Gasteiger partial charge in [-0.25, -0.2) is 9.97 Å². The summed E-state index contributed by atoms with van der Waals surface area (Å²) < 4.78 is 5.64. The van der Waals surface area contributed by atoms with Crippen molar-refractivity contribution < 1.29 is 14.3 Å². The molecule has 2 amide bonds. The molecule has 8 heteroatoms. The number of nitrogens with zero attached hydrogens (tertiary/aromatic N) is 4. The van der Waals surface area contributed by atoms with Crippen molar-refractivity contribution in [3.05, 3.63) is 23.8 Å². The molecule has 8 nitrogen and oxygen atoms in total. The van der Waals surface area contributed by atoms with Gasteiger partial charge in [0.25, 0.3) is 5.91 Å². The summed E-state index contributed by atoms with van der Waals surface area (Å²) in [6, 6.07) is 1.59. The van der Waals surface area contributed by atoms with Crippen molar-refractivity contribution in [1.82, 2.24) is 25.1 Å². The molecule has 158 valence electrons. The van der Waals surface area contributed by atoms with Crippen molar-refractivity contribution in [2.24, 2.45) is 11.8 Å². The normalized spacial score (nSPS) is 24.0. The summed E-state index contributed by atoms with van der Waals surface area (Å²) in [4.78, 5) is 37.2. The maximum Gasteiger partial charge on any atom is 0.270 e. The highest BCUT2D eigenvalue weighted by Crippen LogP contribution is 2.31. The molecule has 0 unspecified atom stereocenters. The first kappa shape index (κ1) is 20.2. The number of aryl methyl sites for hydroxylation is 1. The molecule has 1 atom stereocenters. The second-order valence-electron chi connectivity index (χ2n) is 8.62. The number of aromatic nitrogens is 2. The SMILES string of the molecule is Cc1nccc(C(=O)NC[C@@H]2CN(CC3CCN(CC4CC4)CC3)C(=O)CO2)n1. The number of carbonyl (C=O) groups is 2. The molecule has 4 rings (SSSR count). The number of carbonyl (C=O) groups excluding carboxylic acids is 2. The van der Waals surface area contributed by atoms with Crippen LogP contribution in [0.25, 0.3) is 0 Å². The van der Waals surface area contributed by atoms with Crippen LogP contribution in [0.3, 0.4) is 0 Å². The summed E-state index contributed by atoms with van der Waals surface area (Å²) in [6.45, 7) is 7.10. The molecule has 3 fully saturated rings. The van der Waals surface area contributed by atoms with E-state index in [9.17, 15) is 9.59 Å². The minimum absolute atomic E-state index is 0.0550. The topological polar surface area (TPSA) is 87.7 Å². The van der Waals surface area contributed by atoms with Crippen LogP contribution in [0.5, 0.6) is 0 Å². The third kappa shape index (κ3) is 5.73. The van der Waals surface area contributed by atoms with Gasteiger partial charge in [0.05, 0.1) is 6.10 Å². The molecule has 1 aromatic heterocycles. The van der Waals surface area contributed by atoms with E-state index in [2.05, 4.69) is 20.2 Å². The Morgan fingerprint density at radius 1 is 1.21 bits per heavy atom. The third-order valence-electron chi connectivity index (χ3n) is 6.12. The van der Waals surface area contributed by atoms with Crippen LogP contribution in [-0.2, 0) is 9.53 Å². The molecule has 1 aliphatic carbocycles. The van der Waals surface area contributed by atoms with Gasteiger partial charge >= 0.3 is 0 Å². The van der Waals surface area contributed by atoms with Gasteiger partial charge in [-0.3, -0.25) is 9.59 Å². The Hall–Kier alpha value is -2.06. The molecule has 29 heavy (non-hydrogen) atoms. The molecule has 0 radical (unpaired) electrons. The fourth-order valence-electron chi connectivity index (χ4n) is 4.19.